The number of urea groups is 1. The van der Waals surface area contributed by atoms with Crippen LogP contribution in [0.25, 0.3) is 0 Å². The van der Waals surface area contributed by atoms with E-state index in [0.29, 0.717) is 6.54 Å². The SMILES string of the molecule is COc1ccc(C2CCCN2C(=O)NCc2cccc(N(C)C)c2)c(OC)c1. The maximum absolute atomic E-state index is 12.9. The lowest BCUT2D eigenvalue weighted by molar-refractivity contribution is 0.191. The van der Waals surface area contributed by atoms with Crippen LogP contribution in [0.1, 0.15) is 30.0 Å². The van der Waals surface area contributed by atoms with Gasteiger partial charge in [-0.1, -0.05) is 12.1 Å². The first-order chi connectivity index (χ1) is 13.5. The predicted octanol–water partition coefficient (Wildman–Crippen LogP) is 3.82. The van der Waals surface area contributed by atoms with Gasteiger partial charge in [0.05, 0.1) is 20.3 Å². The van der Waals surface area contributed by atoms with Crippen molar-refractivity contribution in [2.24, 2.45) is 0 Å². The van der Waals surface area contributed by atoms with Crippen LogP contribution in [0.15, 0.2) is 42.5 Å². The Morgan fingerprint density at radius 1 is 1.18 bits per heavy atom. The molecule has 28 heavy (non-hydrogen) atoms. The quantitative estimate of drug-likeness (QED) is 0.824. The van der Waals surface area contributed by atoms with Crippen molar-refractivity contribution in [3.05, 3.63) is 53.6 Å². The van der Waals surface area contributed by atoms with E-state index in [1.165, 1.54) is 0 Å². The first-order valence-electron chi connectivity index (χ1n) is 9.56. The number of benzene rings is 2. The van der Waals surface area contributed by atoms with Crippen molar-refractivity contribution in [1.29, 1.82) is 0 Å². The van der Waals surface area contributed by atoms with Gasteiger partial charge in [0.1, 0.15) is 11.5 Å². The molecule has 1 saturated heterocycles. The van der Waals surface area contributed by atoms with Crippen LogP contribution in [0.5, 0.6) is 11.5 Å². The largest absolute Gasteiger partial charge is 0.497 e. The summed E-state index contributed by atoms with van der Waals surface area (Å²) in [7, 11) is 7.30. The van der Waals surface area contributed by atoms with Gasteiger partial charge in [-0.15, -0.1) is 0 Å². The molecular weight excluding hydrogens is 354 g/mol. The van der Waals surface area contributed by atoms with Gasteiger partial charge in [-0.25, -0.2) is 4.79 Å². The second-order valence-corrected chi connectivity index (χ2v) is 7.18. The Morgan fingerprint density at radius 3 is 2.71 bits per heavy atom. The summed E-state index contributed by atoms with van der Waals surface area (Å²) in [4.78, 5) is 16.8. The Morgan fingerprint density at radius 2 is 2.00 bits per heavy atom. The van der Waals surface area contributed by atoms with Gasteiger partial charge in [0.15, 0.2) is 0 Å². The Bertz CT molecular complexity index is 822. The van der Waals surface area contributed by atoms with Crippen molar-refractivity contribution in [3.63, 3.8) is 0 Å². The highest BCUT2D eigenvalue weighted by Crippen LogP contribution is 2.38. The topological polar surface area (TPSA) is 54.0 Å². The summed E-state index contributed by atoms with van der Waals surface area (Å²) in [5.41, 5.74) is 3.22. The molecule has 6 heteroatoms. The van der Waals surface area contributed by atoms with E-state index in [0.717, 1.165) is 47.7 Å². The molecule has 0 aliphatic carbocycles. The van der Waals surface area contributed by atoms with E-state index in [9.17, 15) is 4.79 Å². The third kappa shape index (κ3) is 4.32. The summed E-state index contributed by atoms with van der Waals surface area (Å²) in [5.74, 6) is 1.50. The number of ether oxygens (including phenoxy) is 2. The standard InChI is InChI=1S/C22H29N3O3/c1-24(2)17-8-5-7-16(13-17)15-23-22(26)25-12-6-9-20(25)19-11-10-18(27-3)14-21(19)28-4/h5,7-8,10-11,13-14,20H,6,9,12,15H2,1-4H3,(H,23,26). The molecule has 2 amide bonds. The lowest BCUT2D eigenvalue weighted by atomic mass is 10.0. The van der Waals surface area contributed by atoms with Crippen LogP contribution in [0.3, 0.4) is 0 Å². The number of carbonyl (C=O) groups excluding carboxylic acids is 1. The van der Waals surface area contributed by atoms with E-state index in [1.807, 2.05) is 49.3 Å². The number of hydrogen-bond donors (Lipinski definition) is 1. The Kier molecular flexibility index (Phi) is 6.29. The van der Waals surface area contributed by atoms with Gasteiger partial charge in [0.2, 0.25) is 0 Å². The molecule has 6 nitrogen and oxygen atoms in total. The van der Waals surface area contributed by atoms with Gasteiger partial charge in [-0.2, -0.15) is 0 Å². The Hall–Kier alpha value is -2.89. The van der Waals surface area contributed by atoms with Gasteiger partial charge in [-0.3, -0.25) is 0 Å². The first kappa shape index (κ1) is 19.9. The first-order valence-corrected chi connectivity index (χ1v) is 9.56. The van der Waals surface area contributed by atoms with Crippen molar-refractivity contribution in [2.45, 2.75) is 25.4 Å². The average molecular weight is 383 g/mol. The van der Waals surface area contributed by atoms with Crippen molar-refractivity contribution >= 4 is 11.7 Å². The molecule has 2 aromatic carbocycles. The van der Waals surface area contributed by atoms with Crippen molar-refractivity contribution in [2.75, 3.05) is 39.8 Å². The number of rotatable bonds is 6. The Balaban J connectivity index is 1.71. The number of carbonyl (C=O) groups is 1. The van der Waals surface area contributed by atoms with E-state index in [-0.39, 0.29) is 12.1 Å². The van der Waals surface area contributed by atoms with Gasteiger partial charge >= 0.3 is 6.03 Å². The lowest BCUT2D eigenvalue weighted by Gasteiger charge is -2.27. The number of hydrogen-bond acceptors (Lipinski definition) is 4. The van der Waals surface area contributed by atoms with E-state index < -0.39 is 0 Å². The minimum Gasteiger partial charge on any atom is -0.497 e. The zero-order valence-electron chi connectivity index (χ0n) is 17.1. The molecule has 1 aliphatic heterocycles. The fourth-order valence-corrected chi connectivity index (χ4v) is 3.65. The highest BCUT2D eigenvalue weighted by atomic mass is 16.5. The van der Waals surface area contributed by atoms with Crippen molar-refractivity contribution < 1.29 is 14.3 Å². The van der Waals surface area contributed by atoms with Crippen molar-refractivity contribution in [1.82, 2.24) is 10.2 Å². The summed E-state index contributed by atoms with van der Waals surface area (Å²) in [6.45, 7) is 1.24. The lowest BCUT2D eigenvalue weighted by Crippen LogP contribution is -2.39. The fraction of sp³-hybridized carbons (Fsp3) is 0.409. The minimum atomic E-state index is -0.0457. The Labute approximate surface area is 167 Å². The summed E-state index contributed by atoms with van der Waals surface area (Å²) in [5, 5.41) is 3.07. The van der Waals surface area contributed by atoms with E-state index in [1.54, 1.807) is 14.2 Å². The average Bonchev–Trinajstić information content (AvgIpc) is 3.21. The zero-order chi connectivity index (χ0) is 20.1. The number of methoxy groups -OCH3 is 2. The van der Waals surface area contributed by atoms with Crippen LogP contribution < -0.4 is 19.7 Å². The van der Waals surface area contributed by atoms with E-state index in [4.69, 9.17) is 9.47 Å². The van der Waals surface area contributed by atoms with E-state index >= 15 is 0 Å². The highest BCUT2D eigenvalue weighted by molar-refractivity contribution is 5.75. The maximum atomic E-state index is 12.9. The van der Waals surface area contributed by atoms with Crippen LogP contribution >= 0.6 is 0 Å². The molecule has 1 unspecified atom stereocenters. The van der Waals surface area contributed by atoms with Crippen LogP contribution in [-0.4, -0.2) is 45.8 Å². The van der Waals surface area contributed by atoms with Crippen LogP contribution in [0, 0.1) is 0 Å². The maximum Gasteiger partial charge on any atom is 0.318 e. The van der Waals surface area contributed by atoms with Gasteiger partial charge in [0.25, 0.3) is 0 Å². The number of likely N-dealkylation sites (tertiary alicyclic amines) is 1. The monoisotopic (exact) mass is 383 g/mol. The van der Waals surface area contributed by atoms with E-state index in [2.05, 4.69) is 22.3 Å². The third-order valence-corrected chi connectivity index (χ3v) is 5.18. The molecule has 1 atom stereocenters. The second kappa shape index (κ2) is 8.87. The number of amides is 2. The predicted molar refractivity (Wildman–Crippen MR) is 111 cm³/mol. The minimum absolute atomic E-state index is 0.00830. The molecule has 1 N–H and O–H groups in total. The van der Waals surface area contributed by atoms with Crippen molar-refractivity contribution in [3.8, 4) is 11.5 Å². The summed E-state index contributed by atoms with van der Waals surface area (Å²) in [6.07, 6.45) is 1.90. The highest BCUT2D eigenvalue weighted by Gasteiger charge is 2.32. The smallest absolute Gasteiger partial charge is 0.318 e. The summed E-state index contributed by atoms with van der Waals surface area (Å²) in [6, 6.07) is 13.9. The number of nitrogens with zero attached hydrogens (tertiary/aromatic N) is 2. The van der Waals surface area contributed by atoms with Crippen LogP contribution in [-0.2, 0) is 6.54 Å². The molecular formula is C22H29N3O3. The normalized spacial score (nSPS) is 16.0. The van der Waals surface area contributed by atoms with Crippen LogP contribution in [0.4, 0.5) is 10.5 Å². The van der Waals surface area contributed by atoms with Gasteiger partial charge < -0.3 is 24.6 Å². The molecule has 1 aliphatic rings. The van der Waals surface area contributed by atoms with Crippen LogP contribution in [0.2, 0.25) is 0 Å². The third-order valence-electron chi connectivity index (χ3n) is 5.18. The molecule has 150 valence electrons. The molecule has 0 radical (unpaired) electrons. The molecule has 1 fully saturated rings. The fourth-order valence-electron chi connectivity index (χ4n) is 3.65. The number of anilines is 1. The molecule has 0 bridgehead atoms. The molecule has 2 aromatic rings. The molecule has 0 spiro atoms. The molecule has 0 saturated carbocycles. The molecule has 0 aromatic heterocycles. The summed E-state index contributed by atoms with van der Waals surface area (Å²) >= 11 is 0. The second-order valence-electron chi connectivity index (χ2n) is 7.18. The van der Waals surface area contributed by atoms with Gasteiger partial charge in [-0.05, 0) is 42.7 Å². The molecule has 1 heterocycles. The summed E-state index contributed by atoms with van der Waals surface area (Å²) < 4.78 is 10.8. The molecule has 3 rings (SSSR count). The van der Waals surface area contributed by atoms with Gasteiger partial charge in [0, 0.05) is 44.5 Å². The zero-order valence-corrected chi connectivity index (χ0v) is 17.1. The number of nitrogens with one attached hydrogen (secondary N) is 1.